The van der Waals surface area contributed by atoms with E-state index >= 15 is 0 Å². The molecule has 0 radical (unpaired) electrons. The molecule has 2 aromatic carbocycles. The Morgan fingerprint density at radius 2 is 1.82 bits per heavy atom. The van der Waals surface area contributed by atoms with Gasteiger partial charge in [0.1, 0.15) is 24.0 Å². The molecule has 3 N–H and O–H groups in total. The van der Waals surface area contributed by atoms with Gasteiger partial charge in [0.25, 0.3) is 0 Å². The van der Waals surface area contributed by atoms with Gasteiger partial charge in [-0.3, -0.25) is 9.36 Å². The second kappa shape index (κ2) is 13.6. The summed E-state index contributed by atoms with van der Waals surface area (Å²) in [5.74, 6) is 2.05. The molecular weight excluding hydrogens is 545 g/mol. The number of aromatic nitrogens is 4. The molecule has 1 saturated carbocycles. The van der Waals surface area contributed by atoms with Crippen molar-refractivity contribution in [2.45, 2.75) is 57.7 Å². The summed E-state index contributed by atoms with van der Waals surface area (Å²) in [7, 11) is 0. The van der Waals surface area contributed by atoms with Gasteiger partial charge in [0, 0.05) is 41.6 Å². The van der Waals surface area contributed by atoms with E-state index < -0.39 is 6.04 Å². The highest BCUT2D eigenvalue weighted by Gasteiger charge is 2.25. The van der Waals surface area contributed by atoms with Crippen LogP contribution in [0.1, 0.15) is 49.7 Å². The van der Waals surface area contributed by atoms with Crippen molar-refractivity contribution in [1.29, 1.82) is 0 Å². The molecule has 1 amide bonds. The monoisotopic (exact) mass is 577 g/mol. The minimum atomic E-state index is -0.471. The van der Waals surface area contributed by atoms with Gasteiger partial charge in [-0.25, -0.2) is 4.98 Å². The van der Waals surface area contributed by atoms with Crippen molar-refractivity contribution in [1.82, 2.24) is 24.8 Å². The molecule has 1 fully saturated rings. The first-order chi connectivity index (χ1) is 19.5. The van der Waals surface area contributed by atoms with Crippen LogP contribution < -0.4 is 16.0 Å². The van der Waals surface area contributed by atoms with Crippen LogP contribution >= 0.6 is 23.2 Å². The zero-order valence-corrected chi connectivity index (χ0v) is 23.7. The number of carbonyl (C=O) groups excluding carboxylic acids is 1. The van der Waals surface area contributed by atoms with Crippen LogP contribution in [-0.4, -0.2) is 31.5 Å². The van der Waals surface area contributed by atoms with E-state index in [1.807, 2.05) is 53.2 Å². The molecule has 2 heterocycles. The Kier molecular flexibility index (Phi) is 9.52. The van der Waals surface area contributed by atoms with E-state index in [2.05, 4.69) is 25.9 Å². The fourth-order valence-electron chi connectivity index (χ4n) is 5.03. The van der Waals surface area contributed by atoms with Crippen molar-refractivity contribution < 1.29 is 4.79 Å². The van der Waals surface area contributed by atoms with Gasteiger partial charge in [-0.15, -0.1) is 0 Å². The molecule has 10 heteroatoms. The largest absolute Gasteiger partial charge is 0.358 e. The lowest BCUT2D eigenvalue weighted by Crippen LogP contribution is -2.41. The van der Waals surface area contributed by atoms with Gasteiger partial charge >= 0.3 is 0 Å². The first-order valence-electron chi connectivity index (χ1n) is 13.7. The Hall–Kier alpha value is -3.62. The van der Waals surface area contributed by atoms with Crippen LogP contribution in [0.2, 0.25) is 10.0 Å². The molecule has 2 aromatic heterocycles. The standard InChI is InChI=1S/C30H33Cl2N7O/c31-24-12-11-23(25(32)16-24)19-34-29(40)26(15-21-7-3-1-4-8-21)36-27-17-28(39-14-13-33-20-39)38-30(37-27)35-18-22-9-5-2-6-10-22/h2,5-6,9-14,16-17,20-21,26H,1,3-4,7-8,15,18-19H2,(H,34,40)(H2,35,36,37,38)/t26-/m1/s1. The van der Waals surface area contributed by atoms with Gasteiger partial charge in [0.05, 0.1) is 0 Å². The minimum Gasteiger partial charge on any atom is -0.358 e. The maximum Gasteiger partial charge on any atom is 0.242 e. The number of benzene rings is 2. The summed E-state index contributed by atoms with van der Waals surface area (Å²) in [6, 6.07) is 16.7. The Morgan fingerprint density at radius 1 is 1.00 bits per heavy atom. The van der Waals surface area contributed by atoms with E-state index in [1.54, 1.807) is 24.7 Å². The highest BCUT2D eigenvalue weighted by atomic mass is 35.5. The average Bonchev–Trinajstić information content (AvgIpc) is 3.52. The van der Waals surface area contributed by atoms with E-state index in [-0.39, 0.29) is 5.91 Å². The molecule has 0 aliphatic heterocycles. The van der Waals surface area contributed by atoms with Gasteiger partial charge in [-0.05, 0) is 35.6 Å². The normalized spacial score (nSPS) is 14.4. The molecule has 8 nitrogen and oxygen atoms in total. The topological polar surface area (TPSA) is 96.8 Å². The molecule has 0 saturated heterocycles. The molecule has 0 bridgehead atoms. The SMILES string of the molecule is O=C(NCc1ccc(Cl)cc1Cl)[C@@H](CC1CCCCC1)Nc1cc(-n2ccnc2)nc(NCc2ccccc2)n1. The lowest BCUT2D eigenvalue weighted by Gasteiger charge is -2.27. The number of nitrogens with one attached hydrogen (secondary N) is 3. The van der Waals surface area contributed by atoms with E-state index in [9.17, 15) is 4.79 Å². The summed E-state index contributed by atoms with van der Waals surface area (Å²) in [5.41, 5.74) is 1.93. The fourth-order valence-corrected chi connectivity index (χ4v) is 5.50. The third-order valence-corrected chi connectivity index (χ3v) is 7.76. The Bertz CT molecular complexity index is 1390. The summed E-state index contributed by atoms with van der Waals surface area (Å²) in [6.07, 6.45) is 11.9. The fraction of sp³-hybridized carbons (Fsp3) is 0.333. The van der Waals surface area contributed by atoms with Gasteiger partial charge in [-0.1, -0.05) is 91.7 Å². The number of amides is 1. The predicted octanol–water partition coefficient (Wildman–Crippen LogP) is 6.65. The first-order valence-corrected chi connectivity index (χ1v) is 14.4. The summed E-state index contributed by atoms with van der Waals surface area (Å²) >= 11 is 12.4. The maximum absolute atomic E-state index is 13.6. The minimum absolute atomic E-state index is 0.0989. The lowest BCUT2D eigenvalue weighted by molar-refractivity contribution is -0.122. The Balaban J connectivity index is 1.36. The van der Waals surface area contributed by atoms with Gasteiger partial charge in [0.2, 0.25) is 11.9 Å². The molecule has 40 heavy (non-hydrogen) atoms. The molecular formula is C30H33Cl2N7O. The smallest absolute Gasteiger partial charge is 0.242 e. The van der Waals surface area contributed by atoms with E-state index in [0.717, 1.165) is 30.4 Å². The van der Waals surface area contributed by atoms with Crippen LogP contribution in [0.5, 0.6) is 0 Å². The highest BCUT2D eigenvalue weighted by Crippen LogP contribution is 2.29. The van der Waals surface area contributed by atoms with E-state index in [0.29, 0.717) is 46.6 Å². The van der Waals surface area contributed by atoms with Gasteiger partial charge in [0.15, 0.2) is 0 Å². The number of hydrogen-bond donors (Lipinski definition) is 3. The highest BCUT2D eigenvalue weighted by molar-refractivity contribution is 6.35. The van der Waals surface area contributed by atoms with Crippen molar-refractivity contribution in [3.8, 4) is 5.82 Å². The summed E-state index contributed by atoms with van der Waals surface area (Å²) < 4.78 is 1.82. The molecule has 0 unspecified atom stereocenters. The molecule has 0 spiro atoms. The number of nitrogens with zero attached hydrogens (tertiary/aromatic N) is 4. The van der Waals surface area contributed by atoms with Crippen molar-refractivity contribution in [2.24, 2.45) is 5.92 Å². The van der Waals surface area contributed by atoms with Crippen LogP contribution in [0.25, 0.3) is 5.82 Å². The Morgan fingerprint density at radius 3 is 2.58 bits per heavy atom. The van der Waals surface area contributed by atoms with Crippen molar-refractivity contribution in [3.63, 3.8) is 0 Å². The third-order valence-electron chi connectivity index (χ3n) is 7.18. The number of rotatable bonds is 11. The molecule has 1 aliphatic rings. The second-order valence-electron chi connectivity index (χ2n) is 10.1. The summed E-state index contributed by atoms with van der Waals surface area (Å²) in [4.78, 5) is 27.1. The zero-order valence-electron chi connectivity index (χ0n) is 22.2. The number of imidazole rings is 1. The van der Waals surface area contributed by atoms with Crippen LogP contribution in [0.4, 0.5) is 11.8 Å². The number of anilines is 2. The third kappa shape index (κ3) is 7.73. The number of hydrogen-bond acceptors (Lipinski definition) is 6. The quantitative estimate of drug-likeness (QED) is 0.185. The number of halogens is 2. The predicted molar refractivity (Wildman–Crippen MR) is 160 cm³/mol. The Labute approximate surface area is 244 Å². The number of carbonyl (C=O) groups is 1. The molecule has 4 aromatic rings. The van der Waals surface area contributed by atoms with Gasteiger partial charge < -0.3 is 16.0 Å². The van der Waals surface area contributed by atoms with E-state index in [1.165, 1.54) is 19.3 Å². The van der Waals surface area contributed by atoms with Crippen molar-refractivity contribution in [3.05, 3.63) is 94.5 Å². The van der Waals surface area contributed by atoms with Crippen LogP contribution in [0.15, 0.2) is 73.3 Å². The average molecular weight is 579 g/mol. The molecule has 1 atom stereocenters. The second-order valence-corrected chi connectivity index (χ2v) is 11.0. The molecule has 208 valence electrons. The summed E-state index contributed by atoms with van der Waals surface area (Å²) in [5, 5.41) is 10.9. The van der Waals surface area contributed by atoms with E-state index in [4.69, 9.17) is 28.2 Å². The van der Waals surface area contributed by atoms with Crippen LogP contribution in [-0.2, 0) is 17.9 Å². The molecule has 5 rings (SSSR count). The van der Waals surface area contributed by atoms with Gasteiger partial charge in [-0.2, -0.15) is 9.97 Å². The van der Waals surface area contributed by atoms with Crippen LogP contribution in [0.3, 0.4) is 0 Å². The van der Waals surface area contributed by atoms with Crippen molar-refractivity contribution in [2.75, 3.05) is 10.6 Å². The maximum atomic E-state index is 13.6. The summed E-state index contributed by atoms with van der Waals surface area (Å²) in [6.45, 7) is 0.882. The lowest BCUT2D eigenvalue weighted by atomic mass is 9.84. The molecule has 1 aliphatic carbocycles. The first kappa shape index (κ1) is 27.9. The zero-order chi connectivity index (χ0) is 27.7. The van der Waals surface area contributed by atoms with Crippen LogP contribution in [0, 0.1) is 5.92 Å². The van der Waals surface area contributed by atoms with Crippen molar-refractivity contribution >= 4 is 40.9 Å².